The first-order valence-corrected chi connectivity index (χ1v) is 8.55. The molecule has 0 fully saturated rings. The Morgan fingerprint density at radius 3 is 2.71 bits per heavy atom. The number of carbonyl (C=O) groups is 1. The molecule has 0 saturated heterocycles. The predicted molar refractivity (Wildman–Crippen MR) is 91.9 cm³/mol. The summed E-state index contributed by atoms with van der Waals surface area (Å²) >= 11 is 1.32. The Hall–Kier alpha value is -2.41. The van der Waals surface area contributed by atoms with Gasteiger partial charge in [-0.1, -0.05) is 42.1 Å². The largest absolute Gasteiger partial charge is 0.465 e. The number of ether oxygens (including phenoxy) is 1. The van der Waals surface area contributed by atoms with E-state index in [1.807, 2.05) is 54.6 Å². The van der Waals surface area contributed by atoms with Crippen LogP contribution >= 0.6 is 11.8 Å². The van der Waals surface area contributed by atoms with Gasteiger partial charge in [0.2, 0.25) is 0 Å². The number of nitrogens with zero attached hydrogens (tertiary/aromatic N) is 4. The lowest BCUT2D eigenvalue weighted by Gasteiger charge is -2.15. The van der Waals surface area contributed by atoms with Crippen molar-refractivity contribution in [2.45, 2.75) is 31.2 Å². The molecule has 0 radical (unpaired) electrons. The summed E-state index contributed by atoms with van der Waals surface area (Å²) in [6, 6.07) is 11.4. The maximum absolute atomic E-state index is 12.4. The van der Waals surface area contributed by atoms with E-state index in [0.717, 1.165) is 22.7 Å². The molecular weight excluding hydrogens is 324 g/mol. The molecule has 0 amide bonds. The Kier molecular flexibility index (Phi) is 4.80. The lowest BCUT2D eigenvalue weighted by atomic mass is 10.1. The number of benzene rings is 1. The Morgan fingerprint density at radius 2 is 2.00 bits per heavy atom. The minimum absolute atomic E-state index is 0.289. The summed E-state index contributed by atoms with van der Waals surface area (Å²) in [7, 11) is 0. The summed E-state index contributed by atoms with van der Waals surface area (Å²) in [6.07, 6.45) is 0. The van der Waals surface area contributed by atoms with Crippen LogP contribution in [-0.4, -0.2) is 32.2 Å². The summed E-state index contributed by atoms with van der Waals surface area (Å²) in [5.41, 5.74) is 2.47. The average Bonchev–Trinajstić information content (AvgIpc) is 2.96. The number of hydrogen-bond donors (Lipinski definition) is 0. The van der Waals surface area contributed by atoms with Gasteiger partial charge in [-0.2, -0.15) is 0 Å². The van der Waals surface area contributed by atoms with Crippen molar-refractivity contribution >= 4 is 23.4 Å². The highest BCUT2D eigenvalue weighted by molar-refractivity contribution is 8.00. The third-order valence-electron chi connectivity index (χ3n) is 3.48. The predicted octanol–water partition coefficient (Wildman–Crippen LogP) is 3.14. The molecular formula is C17H18N4O2S. The minimum atomic E-state index is -0.501. The third kappa shape index (κ3) is 3.26. The molecule has 1 unspecified atom stereocenters. The summed E-state index contributed by atoms with van der Waals surface area (Å²) in [4.78, 5) is 16.9. The zero-order chi connectivity index (χ0) is 17.1. The molecule has 0 aliphatic rings. The first-order chi connectivity index (χ1) is 11.6. The Bertz CT molecular complexity index is 864. The van der Waals surface area contributed by atoms with E-state index in [-0.39, 0.29) is 5.97 Å². The number of fused-ring (bicyclic) bond motifs is 1. The van der Waals surface area contributed by atoms with Gasteiger partial charge in [0.25, 0.3) is 0 Å². The van der Waals surface area contributed by atoms with Gasteiger partial charge in [-0.25, -0.2) is 4.98 Å². The molecule has 0 aliphatic carbocycles. The van der Waals surface area contributed by atoms with E-state index in [0.29, 0.717) is 11.8 Å². The minimum Gasteiger partial charge on any atom is -0.465 e. The van der Waals surface area contributed by atoms with E-state index in [2.05, 4.69) is 15.2 Å². The molecule has 0 bridgehead atoms. The Morgan fingerprint density at radius 1 is 1.25 bits per heavy atom. The van der Waals surface area contributed by atoms with Gasteiger partial charge in [-0.3, -0.25) is 9.20 Å². The van der Waals surface area contributed by atoms with Gasteiger partial charge in [-0.15, -0.1) is 10.2 Å². The van der Waals surface area contributed by atoms with Crippen molar-refractivity contribution in [1.29, 1.82) is 0 Å². The van der Waals surface area contributed by atoms with Crippen LogP contribution < -0.4 is 0 Å². The zero-order valence-corrected chi connectivity index (χ0v) is 14.6. The van der Waals surface area contributed by atoms with E-state index in [1.165, 1.54) is 11.8 Å². The first kappa shape index (κ1) is 16.4. The molecule has 6 nitrogen and oxygen atoms in total. The molecule has 2 heterocycles. The van der Waals surface area contributed by atoms with Crippen LogP contribution in [0.2, 0.25) is 0 Å². The van der Waals surface area contributed by atoms with Crippen LogP contribution in [0.25, 0.3) is 5.65 Å². The number of aromatic nitrogens is 4. The SMILES string of the molecule is CCOC(=O)C(Sc1nnc2cc(C)nc(C)n12)c1ccccc1. The fourth-order valence-corrected chi connectivity index (χ4v) is 3.57. The van der Waals surface area contributed by atoms with Gasteiger partial charge < -0.3 is 4.74 Å². The summed E-state index contributed by atoms with van der Waals surface area (Å²) < 4.78 is 7.09. The van der Waals surface area contributed by atoms with Crippen LogP contribution in [0.1, 0.15) is 29.3 Å². The molecule has 0 spiro atoms. The molecule has 1 aromatic carbocycles. The third-order valence-corrected chi connectivity index (χ3v) is 4.66. The lowest BCUT2D eigenvalue weighted by molar-refractivity contribution is -0.142. The molecule has 3 rings (SSSR count). The molecule has 0 N–H and O–H groups in total. The molecule has 24 heavy (non-hydrogen) atoms. The van der Waals surface area contributed by atoms with E-state index in [1.54, 1.807) is 6.92 Å². The van der Waals surface area contributed by atoms with Crippen molar-refractivity contribution in [2.24, 2.45) is 0 Å². The number of esters is 1. The van der Waals surface area contributed by atoms with Crippen molar-refractivity contribution < 1.29 is 9.53 Å². The van der Waals surface area contributed by atoms with E-state index >= 15 is 0 Å². The van der Waals surface area contributed by atoms with Crippen LogP contribution in [0.15, 0.2) is 41.6 Å². The molecule has 124 valence electrons. The summed E-state index contributed by atoms with van der Waals surface area (Å²) in [5.74, 6) is 0.497. The summed E-state index contributed by atoms with van der Waals surface area (Å²) in [5, 5.41) is 8.55. The lowest BCUT2D eigenvalue weighted by Crippen LogP contribution is -2.14. The number of aryl methyl sites for hydroxylation is 2. The number of carbonyl (C=O) groups excluding carboxylic acids is 1. The van der Waals surface area contributed by atoms with Gasteiger partial charge in [0.15, 0.2) is 10.8 Å². The van der Waals surface area contributed by atoms with Crippen molar-refractivity contribution in [1.82, 2.24) is 19.6 Å². The molecule has 1 atom stereocenters. The van der Waals surface area contributed by atoms with E-state index < -0.39 is 5.25 Å². The first-order valence-electron chi connectivity index (χ1n) is 7.67. The van der Waals surface area contributed by atoms with Crippen molar-refractivity contribution in [3.63, 3.8) is 0 Å². The number of rotatable bonds is 5. The second-order valence-electron chi connectivity index (χ2n) is 5.28. The zero-order valence-electron chi connectivity index (χ0n) is 13.8. The van der Waals surface area contributed by atoms with Gasteiger partial charge >= 0.3 is 5.97 Å². The van der Waals surface area contributed by atoms with E-state index in [4.69, 9.17) is 4.74 Å². The maximum atomic E-state index is 12.4. The topological polar surface area (TPSA) is 69.4 Å². The fraction of sp³-hybridized carbons (Fsp3) is 0.294. The van der Waals surface area contributed by atoms with E-state index in [9.17, 15) is 4.79 Å². The van der Waals surface area contributed by atoms with Gasteiger partial charge in [-0.05, 0) is 26.3 Å². The Labute approximate surface area is 144 Å². The molecule has 7 heteroatoms. The van der Waals surface area contributed by atoms with Gasteiger partial charge in [0, 0.05) is 11.8 Å². The Balaban J connectivity index is 2.00. The second-order valence-corrected chi connectivity index (χ2v) is 6.35. The molecule has 2 aromatic heterocycles. The highest BCUT2D eigenvalue weighted by atomic mass is 32.2. The van der Waals surface area contributed by atoms with Crippen molar-refractivity contribution in [2.75, 3.05) is 6.61 Å². The highest BCUT2D eigenvalue weighted by Gasteiger charge is 2.26. The number of hydrogen-bond acceptors (Lipinski definition) is 6. The van der Waals surface area contributed by atoms with Crippen molar-refractivity contribution in [3.05, 3.63) is 53.5 Å². The van der Waals surface area contributed by atoms with Crippen molar-refractivity contribution in [3.8, 4) is 0 Å². The monoisotopic (exact) mass is 342 g/mol. The van der Waals surface area contributed by atoms with Crippen LogP contribution in [0.4, 0.5) is 0 Å². The summed E-state index contributed by atoms with van der Waals surface area (Å²) in [6.45, 7) is 5.95. The molecule has 0 aliphatic heterocycles. The van der Waals surface area contributed by atoms with Crippen LogP contribution in [0, 0.1) is 13.8 Å². The molecule has 3 aromatic rings. The second kappa shape index (κ2) is 7.00. The van der Waals surface area contributed by atoms with Crippen LogP contribution in [0.3, 0.4) is 0 Å². The van der Waals surface area contributed by atoms with Gasteiger partial charge in [0.1, 0.15) is 11.1 Å². The maximum Gasteiger partial charge on any atom is 0.324 e. The smallest absolute Gasteiger partial charge is 0.324 e. The average molecular weight is 342 g/mol. The highest BCUT2D eigenvalue weighted by Crippen LogP contribution is 2.35. The molecule has 0 saturated carbocycles. The number of thioether (sulfide) groups is 1. The quantitative estimate of drug-likeness (QED) is 0.524. The normalized spacial score (nSPS) is 12.3. The fourth-order valence-electron chi connectivity index (χ4n) is 2.48. The standard InChI is InChI=1S/C17H18N4O2S/c1-4-23-16(22)15(13-8-6-5-7-9-13)24-17-20-19-14-10-11(2)18-12(3)21(14)17/h5-10,15H,4H2,1-3H3. The van der Waals surface area contributed by atoms with Crippen LogP contribution in [0.5, 0.6) is 0 Å². The van der Waals surface area contributed by atoms with Crippen LogP contribution in [-0.2, 0) is 9.53 Å². The van der Waals surface area contributed by atoms with Gasteiger partial charge in [0.05, 0.1) is 6.61 Å².